The third-order valence-corrected chi connectivity index (χ3v) is 3.16. The normalized spacial score (nSPS) is 11.0. The summed E-state index contributed by atoms with van der Waals surface area (Å²) in [4.78, 5) is 2.64. The van der Waals surface area contributed by atoms with Crippen molar-refractivity contribution in [2.75, 3.05) is 7.11 Å². The fraction of sp³-hybridized carbons (Fsp3) is 0.143. The Morgan fingerprint density at radius 3 is 2.33 bits per heavy atom. The lowest BCUT2D eigenvalue weighted by Gasteiger charge is -2.11. The van der Waals surface area contributed by atoms with E-state index in [1.165, 1.54) is 13.2 Å². The van der Waals surface area contributed by atoms with Gasteiger partial charge in [0.1, 0.15) is 16.5 Å². The van der Waals surface area contributed by atoms with Crippen LogP contribution in [-0.2, 0) is 6.18 Å². The van der Waals surface area contributed by atoms with Crippen molar-refractivity contribution in [2.24, 2.45) is 0 Å². The molecule has 0 unspecified atom stereocenters. The minimum Gasteiger partial charge on any atom is -0.497 e. The zero-order valence-corrected chi connectivity index (χ0v) is 11.6. The van der Waals surface area contributed by atoms with Crippen LogP contribution in [0.1, 0.15) is 11.1 Å². The first-order valence-electron chi connectivity index (χ1n) is 5.76. The summed E-state index contributed by atoms with van der Waals surface area (Å²) in [6.45, 7) is 0. The highest BCUT2D eigenvalue weighted by Gasteiger charge is 2.34. The van der Waals surface area contributed by atoms with Gasteiger partial charge in [0.05, 0.1) is 18.2 Å². The maximum atomic E-state index is 13.0. The highest BCUT2D eigenvalue weighted by atomic mass is 32.1. The maximum Gasteiger partial charge on any atom is 0.417 e. The molecule has 1 heterocycles. The molecular weight excluding hydrogens is 301 g/mol. The van der Waals surface area contributed by atoms with Crippen LogP contribution in [0.5, 0.6) is 5.75 Å². The number of halogens is 3. The molecule has 21 heavy (non-hydrogen) atoms. The van der Waals surface area contributed by atoms with Gasteiger partial charge < -0.3 is 9.72 Å². The van der Waals surface area contributed by atoms with E-state index in [2.05, 4.69) is 4.98 Å². The Hall–Kier alpha value is -2.33. The van der Waals surface area contributed by atoms with Crippen LogP contribution in [0.3, 0.4) is 0 Å². The number of H-pyrrole nitrogens is 1. The van der Waals surface area contributed by atoms with Crippen LogP contribution in [0.25, 0.3) is 11.3 Å². The molecule has 1 aromatic heterocycles. The van der Waals surface area contributed by atoms with Gasteiger partial charge in [0.2, 0.25) is 0 Å². The molecule has 1 aromatic carbocycles. The third kappa shape index (κ3) is 3.06. The Morgan fingerprint density at radius 2 is 1.86 bits per heavy atom. The number of hydrogen-bond acceptors (Lipinski definition) is 3. The SMILES string of the molecule is COc1ccc(-c2cc(C(F)(F)F)c(C#N)c(=S)[nH]2)cc1. The van der Waals surface area contributed by atoms with Crippen LogP contribution >= 0.6 is 12.2 Å². The lowest BCUT2D eigenvalue weighted by molar-refractivity contribution is -0.137. The minimum absolute atomic E-state index is 0.189. The number of nitrogens with one attached hydrogen (secondary N) is 1. The Labute approximate surface area is 123 Å². The summed E-state index contributed by atoms with van der Waals surface area (Å²) in [5.74, 6) is 0.585. The van der Waals surface area contributed by atoms with Gasteiger partial charge in [-0.05, 0) is 35.9 Å². The topological polar surface area (TPSA) is 48.8 Å². The van der Waals surface area contributed by atoms with Gasteiger partial charge in [-0.2, -0.15) is 18.4 Å². The molecule has 0 radical (unpaired) electrons. The monoisotopic (exact) mass is 310 g/mol. The van der Waals surface area contributed by atoms with E-state index in [0.29, 0.717) is 11.3 Å². The third-order valence-electron chi connectivity index (χ3n) is 2.85. The van der Waals surface area contributed by atoms with Crippen molar-refractivity contribution >= 4 is 12.2 Å². The first kappa shape index (κ1) is 15.1. The molecule has 0 fully saturated rings. The summed E-state index contributed by atoms with van der Waals surface area (Å²) < 4.78 is 43.7. The zero-order valence-electron chi connectivity index (χ0n) is 10.8. The molecule has 7 heteroatoms. The molecule has 2 aromatic rings. The smallest absolute Gasteiger partial charge is 0.417 e. The van der Waals surface area contributed by atoms with E-state index in [9.17, 15) is 13.2 Å². The second-order valence-electron chi connectivity index (χ2n) is 4.14. The van der Waals surface area contributed by atoms with E-state index in [0.717, 1.165) is 6.07 Å². The van der Waals surface area contributed by atoms with E-state index >= 15 is 0 Å². The number of rotatable bonds is 2. The highest BCUT2D eigenvalue weighted by molar-refractivity contribution is 7.71. The molecule has 1 N–H and O–H groups in total. The molecule has 2 rings (SSSR count). The van der Waals surface area contributed by atoms with E-state index < -0.39 is 17.3 Å². The molecule has 0 amide bonds. The molecule has 0 bridgehead atoms. The van der Waals surface area contributed by atoms with Crippen LogP contribution in [0.15, 0.2) is 30.3 Å². The van der Waals surface area contributed by atoms with Gasteiger partial charge in [0, 0.05) is 5.69 Å². The van der Waals surface area contributed by atoms with Crippen LogP contribution in [0, 0.1) is 16.0 Å². The molecule has 0 aliphatic rings. The standard InChI is InChI=1S/C14H9F3N2OS/c1-20-9-4-2-8(3-5-9)12-6-11(14(15,16)17)10(7-18)13(21)19-12/h2-6H,1H3,(H,19,21). The van der Waals surface area contributed by atoms with Crippen molar-refractivity contribution in [1.29, 1.82) is 5.26 Å². The lowest BCUT2D eigenvalue weighted by Crippen LogP contribution is -2.09. The number of nitriles is 1. The molecule has 0 aliphatic heterocycles. The molecule has 0 saturated carbocycles. The van der Waals surface area contributed by atoms with E-state index in [-0.39, 0.29) is 10.3 Å². The molecule has 0 spiro atoms. The summed E-state index contributed by atoms with van der Waals surface area (Å²) in [6, 6.07) is 8.83. The van der Waals surface area contributed by atoms with Crippen LogP contribution in [0.4, 0.5) is 13.2 Å². The Kier molecular flexibility index (Phi) is 4.00. The van der Waals surface area contributed by atoms with Crippen LogP contribution in [0.2, 0.25) is 0 Å². The van der Waals surface area contributed by atoms with Gasteiger partial charge in [0.15, 0.2) is 0 Å². The first-order valence-corrected chi connectivity index (χ1v) is 6.16. The number of ether oxygens (including phenoxy) is 1. The Bertz CT molecular complexity index is 758. The van der Waals surface area contributed by atoms with Crippen molar-refractivity contribution < 1.29 is 17.9 Å². The number of aromatic amines is 1. The largest absolute Gasteiger partial charge is 0.497 e. The molecular formula is C14H9F3N2OS. The summed E-state index contributed by atoms with van der Waals surface area (Å²) in [6.07, 6.45) is -4.64. The van der Waals surface area contributed by atoms with Gasteiger partial charge in [-0.3, -0.25) is 0 Å². The quantitative estimate of drug-likeness (QED) is 0.841. The summed E-state index contributed by atoms with van der Waals surface area (Å²) in [7, 11) is 1.49. The van der Waals surface area contributed by atoms with Crippen molar-refractivity contribution in [1.82, 2.24) is 4.98 Å². The van der Waals surface area contributed by atoms with E-state index in [4.69, 9.17) is 22.2 Å². The number of nitrogens with zero attached hydrogens (tertiary/aromatic N) is 1. The second kappa shape index (κ2) is 5.58. The first-order chi connectivity index (χ1) is 9.86. The predicted octanol–water partition coefficient (Wildman–Crippen LogP) is 4.31. The van der Waals surface area contributed by atoms with E-state index in [1.54, 1.807) is 24.3 Å². The molecule has 0 aliphatic carbocycles. The Balaban J connectivity index is 2.63. The second-order valence-corrected chi connectivity index (χ2v) is 4.55. The van der Waals surface area contributed by atoms with Gasteiger partial charge in [-0.15, -0.1) is 0 Å². The number of aromatic nitrogens is 1. The number of alkyl halides is 3. The fourth-order valence-electron chi connectivity index (χ4n) is 1.82. The summed E-state index contributed by atoms with van der Waals surface area (Å²) in [5.41, 5.74) is -0.916. The molecule has 0 saturated heterocycles. The van der Waals surface area contributed by atoms with Gasteiger partial charge in [-0.25, -0.2) is 0 Å². The van der Waals surface area contributed by atoms with Crippen molar-refractivity contribution in [3.63, 3.8) is 0 Å². The number of benzene rings is 1. The maximum absolute atomic E-state index is 13.0. The van der Waals surface area contributed by atoms with Crippen molar-refractivity contribution in [3.8, 4) is 23.1 Å². The highest BCUT2D eigenvalue weighted by Crippen LogP contribution is 2.34. The van der Waals surface area contributed by atoms with Gasteiger partial charge in [-0.1, -0.05) is 12.2 Å². The fourth-order valence-corrected chi connectivity index (χ4v) is 2.09. The average Bonchev–Trinajstić information content (AvgIpc) is 2.45. The average molecular weight is 310 g/mol. The van der Waals surface area contributed by atoms with Gasteiger partial charge >= 0.3 is 6.18 Å². The lowest BCUT2D eigenvalue weighted by atomic mass is 10.1. The molecule has 0 atom stereocenters. The summed E-state index contributed by atoms with van der Waals surface area (Å²) >= 11 is 4.84. The molecule has 3 nitrogen and oxygen atoms in total. The van der Waals surface area contributed by atoms with Crippen LogP contribution < -0.4 is 4.74 Å². The summed E-state index contributed by atoms with van der Waals surface area (Å²) in [5, 5.41) is 8.84. The Morgan fingerprint density at radius 1 is 1.24 bits per heavy atom. The van der Waals surface area contributed by atoms with Crippen molar-refractivity contribution in [2.45, 2.75) is 6.18 Å². The number of hydrogen-bond donors (Lipinski definition) is 1. The number of pyridine rings is 1. The number of methoxy groups -OCH3 is 1. The van der Waals surface area contributed by atoms with Gasteiger partial charge in [0.25, 0.3) is 0 Å². The van der Waals surface area contributed by atoms with Crippen LogP contribution in [-0.4, -0.2) is 12.1 Å². The molecule has 108 valence electrons. The van der Waals surface area contributed by atoms with Crippen molar-refractivity contribution in [3.05, 3.63) is 46.1 Å². The minimum atomic E-state index is -4.64. The van der Waals surface area contributed by atoms with E-state index in [1.807, 2.05) is 0 Å². The zero-order chi connectivity index (χ0) is 15.6. The predicted molar refractivity (Wildman–Crippen MR) is 73.3 cm³/mol.